The molecule has 0 saturated heterocycles. The standard InChI is InChI=1S/C13H9N3O3/c14-16-13(19)15-12-9(7-18)5-8(6-17)10-3-1-2-4-11(10)12/h1-7,14H,(H,15,19). The fourth-order valence-corrected chi connectivity index (χ4v) is 1.89. The molecule has 19 heavy (non-hydrogen) atoms. The van der Waals surface area contributed by atoms with Crippen LogP contribution in [0.5, 0.6) is 0 Å². The molecule has 94 valence electrons. The average Bonchev–Trinajstić information content (AvgIpc) is 2.47. The van der Waals surface area contributed by atoms with E-state index in [-0.39, 0.29) is 11.3 Å². The molecule has 0 bridgehead atoms. The van der Waals surface area contributed by atoms with Gasteiger partial charge in [0.1, 0.15) is 0 Å². The van der Waals surface area contributed by atoms with Crippen molar-refractivity contribution in [1.82, 2.24) is 0 Å². The number of urea groups is 1. The van der Waals surface area contributed by atoms with Crippen LogP contribution in [-0.2, 0) is 0 Å². The highest BCUT2D eigenvalue weighted by molar-refractivity contribution is 6.12. The van der Waals surface area contributed by atoms with E-state index >= 15 is 0 Å². The molecular formula is C13H9N3O3. The summed E-state index contributed by atoms with van der Waals surface area (Å²) in [5.41, 5.74) is 7.41. The largest absolute Gasteiger partial charge is 0.363 e. The summed E-state index contributed by atoms with van der Waals surface area (Å²) in [4.78, 5) is 33.3. The van der Waals surface area contributed by atoms with Crippen LogP contribution in [0, 0.1) is 5.53 Å². The Kier molecular flexibility index (Phi) is 3.42. The van der Waals surface area contributed by atoms with Crippen LogP contribution in [0.3, 0.4) is 0 Å². The van der Waals surface area contributed by atoms with Gasteiger partial charge in [-0.3, -0.25) is 9.59 Å². The number of amides is 2. The molecule has 6 nitrogen and oxygen atoms in total. The van der Waals surface area contributed by atoms with Crippen molar-refractivity contribution in [1.29, 1.82) is 5.53 Å². The van der Waals surface area contributed by atoms with E-state index in [2.05, 4.69) is 10.4 Å². The van der Waals surface area contributed by atoms with Gasteiger partial charge in [0.15, 0.2) is 12.6 Å². The van der Waals surface area contributed by atoms with Gasteiger partial charge in [-0.1, -0.05) is 29.4 Å². The molecule has 6 heteroatoms. The minimum Gasteiger partial charge on any atom is -0.303 e. The van der Waals surface area contributed by atoms with E-state index in [1.807, 2.05) is 0 Å². The van der Waals surface area contributed by atoms with E-state index in [0.29, 0.717) is 28.9 Å². The molecule has 0 aliphatic rings. The van der Waals surface area contributed by atoms with E-state index in [9.17, 15) is 14.4 Å². The van der Waals surface area contributed by atoms with Crippen LogP contribution in [0.1, 0.15) is 20.7 Å². The zero-order valence-electron chi connectivity index (χ0n) is 9.71. The normalized spacial score (nSPS) is 9.89. The van der Waals surface area contributed by atoms with Crippen molar-refractivity contribution in [3.8, 4) is 0 Å². The van der Waals surface area contributed by atoms with Gasteiger partial charge in [-0.2, -0.15) is 5.53 Å². The summed E-state index contributed by atoms with van der Waals surface area (Å²) in [5.74, 6) is 0. The minimum atomic E-state index is -0.882. The number of fused-ring (bicyclic) bond motifs is 1. The SMILES string of the molecule is N=NC(=O)Nc1c(C=O)cc(C=O)c2ccccc12. The Bertz CT molecular complexity index is 695. The highest BCUT2D eigenvalue weighted by Gasteiger charge is 2.13. The maximum Gasteiger partial charge on any atom is 0.363 e. The number of anilines is 1. The molecule has 0 aliphatic heterocycles. The molecule has 0 heterocycles. The molecule has 0 unspecified atom stereocenters. The van der Waals surface area contributed by atoms with Crippen LogP contribution in [0.4, 0.5) is 10.5 Å². The van der Waals surface area contributed by atoms with Crippen LogP contribution >= 0.6 is 0 Å². The number of hydrogen-bond donors (Lipinski definition) is 2. The number of benzene rings is 2. The number of carbonyl (C=O) groups is 3. The molecule has 2 amide bonds. The van der Waals surface area contributed by atoms with E-state index in [4.69, 9.17) is 5.53 Å². The molecule has 2 aromatic carbocycles. The molecule has 0 spiro atoms. The lowest BCUT2D eigenvalue weighted by Gasteiger charge is -2.11. The molecule has 0 fully saturated rings. The smallest absolute Gasteiger partial charge is 0.303 e. The van der Waals surface area contributed by atoms with Gasteiger partial charge >= 0.3 is 6.03 Å². The Balaban J connectivity index is 2.79. The third kappa shape index (κ3) is 2.23. The van der Waals surface area contributed by atoms with Gasteiger partial charge in [0.05, 0.1) is 5.69 Å². The van der Waals surface area contributed by atoms with Crippen LogP contribution < -0.4 is 5.32 Å². The zero-order valence-corrected chi connectivity index (χ0v) is 9.71. The summed E-state index contributed by atoms with van der Waals surface area (Å²) in [6, 6.07) is 7.36. The van der Waals surface area contributed by atoms with Crippen LogP contribution in [0.15, 0.2) is 35.4 Å². The lowest BCUT2D eigenvalue weighted by molar-refractivity contribution is 0.112. The lowest BCUT2D eigenvalue weighted by atomic mass is 9.99. The van der Waals surface area contributed by atoms with E-state index in [1.54, 1.807) is 24.3 Å². The first-order chi connectivity index (χ1) is 9.21. The Morgan fingerprint density at radius 2 is 1.74 bits per heavy atom. The first-order valence-corrected chi connectivity index (χ1v) is 5.35. The summed E-state index contributed by atoms with van der Waals surface area (Å²) in [7, 11) is 0. The third-order valence-corrected chi connectivity index (χ3v) is 2.69. The average molecular weight is 255 g/mol. The number of carbonyl (C=O) groups excluding carboxylic acids is 3. The second-order valence-corrected chi connectivity index (χ2v) is 3.75. The van der Waals surface area contributed by atoms with Crippen molar-refractivity contribution in [3.05, 3.63) is 41.5 Å². The number of nitrogens with zero attached hydrogens (tertiary/aromatic N) is 1. The number of aldehydes is 2. The van der Waals surface area contributed by atoms with Gasteiger partial charge < -0.3 is 5.32 Å². The number of rotatable bonds is 3. The molecule has 2 aromatic rings. The van der Waals surface area contributed by atoms with Crippen molar-refractivity contribution < 1.29 is 14.4 Å². The predicted octanol–water partition coefficient (Wildman–Crippen LogP) is 3.03. The second-order valence-electron chi connectivity index (χ2n) is 3.75. The van der Waals surface area contributed by atoms with Gasteiger partial charge in [0, 0.05) is 16.5 Å². The highest BCUT2D eigenvalue weighted by Crippen LogP contribution is 2.29. The summed E-state index contributed by atoms with van der Waals surface area (Å²) in [6.07, 6.45) is 1.19. The van der Waals surface area contributed by atoms with Gasteiger partial charge in [-0.15, -0.1) is 0 Å². The van der Waals surface area contributed by atoms with Gasteiger partial charge in [-0.25, -0.2) is 4.79 Å². The molecule has 2 N–H and O–H groups in total. The Morgan fingerprint density at radius 1 is 1.11 bits per heavy atom. The maximum atomic E-state index is 11.2. The van der Waals surface area contributed by atoms with Gasteiger partial charge in [0.25, 0.3) is 0 Å². The van der Waals surface area contributed by atoms with Gasteiger partial charge in [0.2, 0.25) is 0 Å². The third-order valence-electron chi connectivity index (χ3n) is 2.69. The maximum absolute atomic E-state index is 11.2. The van der Waals surface area contributed by atoms with E-state index in [0.717, 1.165) is 0 Å². The quantitative estimate of drug-likeness (QED) is 0.651. The van der Waals surface area contributed by atoms with Crippen molar-refractivity contribution in [2.45, 2.75) is 0 Å². The van der Waals surface area contributed by atoms with Crippen LogP contribution in [0.2, 0.25) is 0 Å². The Hall–Kier alpha value is -2.89. The van der Waals surface area contributed by atoms with Crippen molar-refractivity contribution >= 4 is 35.1 Å². The Labute approximate surface area is 107 Å². The molecule has 2 rings (SSSR count). The summed E-state index contributed by atoms with van der Waals surface area (Å²) < 4.78 is 0. The van der Waals surface area contributed by atoms with E-state index < -0.39 is 6.03 Å². The molecule has 0 aromatic heterocycles. The minimum absolute atomic E-state index is 0.165. The number of nitrogens with one attached hydrogen (secondary N) is 2. The monoisotopic (exact) mass is 255 g/mol. The summed E-state index contributed by atoms with van der Waals surface area (Å²) in [6.45, 7) is 0. The topological polar surface area (TPSA) is 99.4 Å². The molecule has 0 atom stereocenters. The highest BCUT2D eigenvalue weighted by atomic mass is 16.2. The summed E-state index contributed by atoms with van der Waals surface area (Å²) >= 11 is 0. The first kappa shape index (κ1) is 12.6. The Morgan fingerprint density at radius 3 is 2.32 bits per heavy atom. The fourth-order valence-electron chi connectivity index (χ4n) is 1.89. The second kappa shape index (κ2) is 5.18. The molecule has 0 aliphatic carbocycles. The zero-order chi connectivity index (χ0) is 13.8. The first-order valence-electron chi connectivity index (χ1n) is 5.35. The predicted molar refractivity (Wildman–Crippen MR) is 68.9 cm³/mol. The summed E-state index contributed by atoms with van der Waals surface area (Å²) in [5, 5.41) is 6.25. The lowest BCUT2D eigenvalue weighted by Crippen LogP contribution is -2.08. The molecular weight excluding hydrogens is 246 g/mol. The van der Waals surface area contributed by atoms with Gasteiger partial charge in [-0.05, 0) is 11.5 Å². The van der Waals surface area contributed by atoms with Crippen molar-refractivity contribution in [2.24, 2.45) is 5.11 Å². The van der Waals surface area contributed by atoms with E-state index in [1.165, 1.54) is 6.07 Å². The fraction of sp³-hybridized carbons (Fsp3) is 0. The van der Waals surface area contributed by atoms with Crippen molar-refractivity contribution in [2.75, 3.05) is 5.32 Å². The van der Waals surface area contributed by atoms with Crippen LogP contribution in [0.25, 0.3) is 10.8 Å². The molecule has 0 saturated carbocycles. The van der Waals surface area contributed by atoms with Crippen LogP contribution in [-0.4, -0.2) is 18.6 Å². The number of hydrogen-bond acceptors (Lipinski definition) is 4. The molecule has 0 radical (unpaired) electrons. The van der Waals surface area contributed by atoms with Crippen molar-refractivity contribution in [3.63, 3.8) is 0 Å².